The molecule has 0 aromatic heterocycles. The predicted octanol–water partition coefficient (Wildman–Crippen LogP) is 2.48. The Labute approximate surface area is 127 Å². The third kappa shape index (κ3) is 5.48. The molecule has 1 atom stereocenters. The van der Waals surface area contributed by atoms with Gasteiger partial charge in [0, 0.05) is 31.2 Å². The Kier molecular flexibility index (Phi) is 6.70. The van der Waals surface area contributed by atoms with Gasteiger partial charge in [-0.3, -0.25) is 9.69 Å². The van der Waals surface area contributed by atoms with Gasteiger partial charge in [0.2, 0.25) is 5.91 Å². The molecule has 21 heavy (non-hydrogen) atoms. The van der Waals surface area contributed by atoms with Crippen LogP contribution in [0.15, 0.2) is 30.3 Å². The Morgan fingerprint density at radius 2 is 2.14 bits per heavy atom. The van der Waals surface area contributed by atoms with Crippen molar-refractivity contribution in [3.8, 4) is 0 Å². The molecule has 0 aliphatic carbocycles. The van der Waals surface area contributed by atoms with Crippen LogP contribution in [0.5, 0.6) is 0 Å². The first kappa shape index (κ1) is 16.0. The molecule has 2 rings (SSSR count). The van der Waals surface area contributed by atoms with Crippen LogP contribution in [-0.2, 0) is 4.79 Å². The first-order valence-corrected chi connectivity index (χ1v) is 8.09. The lowest BCUT2D eigenvalue weighted by molar-refractivity contribution is -0.116. The summed E-state index contributed by atoms with van der Waals surface area (Å²) >= 11 is 0. The summed E-state index contributed by atoms with van der Waals surface area (Å²) < 4.78 is 0. The van der Waals surface area contributed by atoms with Gasteiger partial charge < -0.3 is 10.6 Å². The monoisotopic (exact) mass is 289 g/mol. The van der Waals surface area contributed by atoms with Crippen molar-refractivity contribution < 1.29 is 4.79 Å². The maximum absolute atomic E-state index is 12.1. The summed E-state index contributed by atoms with van der Waals surface area (Å²) in [6.07, 6.45) is 4.18. The highest BCUT2D eigenvalue weighted by Gasteiger charge is 2.20. The number of anilines is 1. The Balaban J connectivity index is 1.79. The van der Waals surface area contributed by atoms with Gasteiger partial charge in [-0.05, 0) is 44.5 Å². The number of benzene rings is 1. The van der Waals surface area contributed by atoms with Gasteiger partial charge >= 0.3 is 0 Å². The number of hydrogen-bond acceptors (Lipinski definition) is 3. The highest BCUT2D eigenvalue weighted by molar-refractivity contribution is 5.90. The minimum atomic E-state index is 0.103. The van der Waals surface area contributed by atoms with Crippen LogP contribution in [0, 0.1) is 0 Å². The summed E-state index contributed by atoms with van der Waals surface area (Å²) in [5.74, 6) is 0.103. The van der Waals surface area contributed by atoms with Crippen molar-refractivity contribution in [2.45, 2.75) is 38.6 Å². The van der Waals surface area contributed by atoms with E-state index in [1.165, 1.54) is 12.8 Å². The fraction of sp³-hybridized carbons (Fsp3) is 0.588. The van der Waals surface area contributed by atoms with E-state index >= 15 is 0 Å². The summed E-state index contributed by atoms with van der Waals surface area (Å²) in [7, 11) is 0. The normalized spacial score (nSPS) is 18.7. The number of carbonyl (C=O) groups is 1. The van der Waals surface area contributed by atoms with Crippen LogP contribution < -0.4 is 10.6 Å². The van der Waals surface area contributed by atoms with E-state index in [2.05, 4.69) is 22.5 Å². The van der Waals surface area contributed by atoms with Crippen molar-refractivity contribution in [1.82, 2.24) is 10.2 Å². The molecular formula is C17H27N3O. The van der Waals surface area contributed by atoms with Crippen LogP contribution >= 0.6 is 0 Å². The first-order valence-electron chi connectivity index (χ1n) is 8.09. The van der Waals surface area contributed by atoms with Crippen LogP contribution in [-0.4, -0.2) is 43.0 Å². The van der Waals surface area contributed by atoms with Crippen molar-refractivity contribution in [3.63, 3.8) is 0 Å². The van der Waals surface area contributed by atoms with E-state index in [1.807, 2.05) is 30.3 Å². The van der Waals surface area contributed by atoms with Crippen molar-refractivity contribution in [3.05, 3.63) is 30.3 Å². The highest BCUT2D eigenvalue weighted by Crippen LogP contribution is 2.12. The largest absolute Gasteiger partial charge is 0.326 e. The molecule has 0 radical (unpaired) electrons. The van der Waals surface area contributed by atoms with Crippen molar-refractivity contribution in [1.29, 1.82) is 0 Å². The molecule has 0 spiro atoms. The van der Waals surface area contributed by atoms with E-state index in [0.29, 0.717) is 12.5 Å². The molecule has 1 heterocycles. The summed E-state index contributed by atoms with van der Waals surface area (Å²) in [4.78, 5) is 14.5. The number of nitrogens with zero attached hydrogens (tertiary/aromatic N) is 1. The molecule has 0 bridgehead atoms. The number of hydrogen-bond donors (Lipinski definition) is 2. The number of amides is 1. The average Bonchev–Trinajstić information content (AvgIpc) is 2.53. The third-order valence-corrected chi connectivity index (χ3v) is 3.98. The van der Waals surface area contributed by atoms with Gasteiger partial charge in [0.1, 0.15) is 0 Å². The summed E-state index contributed by atoms with van der Waals surface area (Å²) in [5, 5.41) is 6.42. The quantitative estimate of drug-likeness (QED) is 0.810. The van der Waals surface area contributed by atoms with Crippen LogP contribution in [0.4, 0.5) is 5.69 Å². The van der Waals surface area contributed by atoms with Crippen LogP contribution in [0.1, 0.15) is 32.6 Å². The highest BCUT2D eigenvalue weighted by atomic mass is 16.1. The number of carbonyl (C=O) groups excluding carboxylic acids is 1. The summed E-state index contributed by atoms with van der Waals surface area (Å²) in [6.45, 7) is 6.31. The van der Waals surface area contributed by atoms with Gasteiger partial charge in [-0.2, -0.15) is 0 Å². The maximum Gasteiger partial charge on any atom is 0.225 e. The zero-order valence-electron chi connectivity index (χ0n) is 13.0. The average molecular weight is 289 g/mol. The van der Waals surface area contributed by atoms with Crippen LogP contribution in [0.2, 0.25) is 0 Å². The number of piperidine rings is 1. The molecule has 1 saturated heterocycles. The molecule has 1 aliphatic rings. The SMILES string of the molecule is CCCN(CCC(=O)Nc1ccccc1)C1CCCNC1. The maximum atomic E-state index is 12.1. The van der Waals surface area contributed by atoms with E-state index in [0.717, 1.165) is 38.3 Å². The summed E-state index contributed by atoms with van der Waals surface area (Å²) in [5.41, 5.74) is 0.879. The van der Waals surface area contributed by atoms with Gasteiger partial charge in [0.15, 0.2) is 0 Å². The molecular weight excluding hydrogens is 262 g/mol. The topological polar surface area (TPSA) is 44.4 Å². The number of nitrogens with one attached hydrogen (secondary N) is 2. The van der Waals surface area contributed by atoms with Gasteiger partial charge in [-0.1, -0.05) is 25.1 Å². The molecule has 1 fully saturated rings. The molecule has 116 valence electrons. The second kappa shape index (κ2) is 8.80. The van der Waals surface area contributed by atoms with E-state index in [9.17, 15) is 4.79 Å². The molecule has 2 N–H and O–H groups in total. The van der Waals surface area contributed by atoms with Gasteiger partial charge in [-0.15, -0.1) is 0 Å². The number of rotatable bonds is 7. The smallest absolute Gasteiger partial charge is 0.225 e. The molecule has 1 amide bonds. The second-order valence-corrected chi connectivity index (χ2v) is 5.70. The molecule has 4 nitrogen and oxygen atoms in total. The number of para-hydroxylation sites is 1. The van der Waals surface area contributed by atoms with Crippen molar-refractivity contribution >= 4 is 11.6 Å². The van der Waals surface area contributed by atoms with E-state index < -0.39 is 0 Å². The second-order valence-electron chi connectivity index (χ2n) is 5.70. The van der Waals surface area contributed by atoms with Crippen LogP contribution in [0.25, 0.3) is 0 Å². The lowest BCUT2D eigenvalue weighted by Gasteiger charge is -2.34. The zero-order chi connectivity index (χ0) is 14.9. The molecule has 1 aliphatic heterocycles. The van der Waals surface area contributed by atoms with Crippen molar-refractivity contribution in [2.24, 2.45) is 0 Å². The lowest BCUT2D eigenvalue weighted by atomic mass is 10.1. The van der Waals surface area contributed by atoms with E-state index in [-0.39, 0.29) is 5.91 Å². The van der Waals surface area contributed by atoms with Crippen LogP contribution in [0.3, 0.4) is 0 Å². The van der Waals surface area contributed by atoms with Gasteiger partial charge in [-0.25, -0.2) is 0 Å². The summed E-state index contributed by atoms with van der Waals surface area (Å²) in [6, 6.07) is 10.3. The predicted molar refractivity (Wildman–Crippen MR) is 87.4 cm³/mol. The van der Waals surface area contributed by atoms with E-state index in [1.54, 1.807) is 0 Å². The fourth-order valence-electron chi connectivity index (χ4n) is 2.90. The Morgan fingerprint density at radius 3 is 2.81 bits per heavy atom. The Hall–Kier alpha value is -1.39. The first-order chi connectivity index (χ1) is 10.3. The fourth-order valence-corrected chi connectivity index (χ4v) is 2.90. The standard InChI is InChI=1S/C17H27N3O/c1-2-12-20(16-9-6-11-18-14-16)13-10-17(21)19-15-7-4-3-5-8-15/h3-5,7-8,16,18H,2,6,9-14H2,1H3,(H,19,21). The van der Waals surface area contributed by atoms with Gasteiger partial charge in [0.25, 0.3) is 0 Å². The van der Waals surface area contributed by atoms with Crippen molar-refractivity contribution in [2.75, 3.05) is 31.5 Å². The molecule has 4 heteroatoms. The molecule has 0 saturated carbocycles. The van der Waals surface area contributed by atoms with E-state index in [4.69, 9.17) is 0 Å². The lowest BCUT2D eigenvalue weighted by Crippen LogP contribution is -2.47. The Bertz CT molecular complexity index is 415. The van der Waals surface area contributed by atoms with Gasteiger partial charge in [0.05, 0.1) is 0 Å². The minimum absolute atomic E-state index is 0.103. The molecule has 1 aromatic carbocycles. The molecule has 1 unspecified atom stereocenters. The molecule has 1 aromatic rings. The third-order valence-electron chi connectivity index (χ3n) is 3.98. The zero-order valence-corrected chi connectivity index (χ0v) is 13.0. The minimum Gasteiger partial charge on any atom is -0.326 e. The Morgan fingerprint density at radius 1 is 1.33 bits per heavy atom.